The number of amides is 1. The first-order chi connectivity index (χ1) is 30.8. The van der Waals surface area contributed by atoms with Gasteiger partial charge in [0.25, 0.3) is 5.91 Å². The Morgan fingerprint density at radius 2 is 1.31 bits per heavy atom. The van der Waals surface area contributed by atoms with Gasteiger partial charge in [-0.1, -0.05) is 20.8 Å². The van der Waals surface area contributed by atoms with Gasteiger partial charge in [0.05, 0.1) is 103 Å². The van der Waals surface area contributed by atoms with Crippen LogP contribution in [0.5, 0.6) is 0 Å². The van der Waals surface area contributed by atoms with Gasteiger partial charge in [0.1, 0.15) is 0 Å². The fourth-order valence-corrected chi connectivity index (χ4v) is 7.69. The van der Waals surface area contributed by atoms with E-state index in [1.807, 2.05) is 20.9 Å². The molecule has 1 amide bonds. The number of carbonyl (C=O) groups is 2. The van der Waals surface area contributed by atoms with E-state index in [0.29, 0.717) is 96.9 Å². The second-order valence-corrected chi connectivity index (χ2v) is 16.0. The number of H-pyrrole nitrogens is 2. The molecule has 2 unspecified atom stereocenters. The summed E-state index contributed by atoms with van der Waals surface area (Å²) in [6, 6.07) is 6.45. The number of likely N-dealkylation sites (N-methyl/N-ethyl adjacent to an activating group) is 1. The molecular weight excluding hydrogens is 819 g/mol. The second kappa shape index (κ2) is 26.5. The minimum Gasteiger partial charge on any atom is -0.469 e. The Balaban J connectivity index is 0.00000140. The quantitative estimate of drug-likeness (QED) is 0.0710. The van der Waals surface area contributed by atoms with E-state index in [2.05, 4.69) is 67.5 Å². The lowest BCUT2D eigenvalue weighted by molar-refractivity contribution is -0.140. The van der Waals surface area contributed by atoms with Gasteiger partial charge in [-0.15, -0.1) is 0 Å². The minimum absolute atomic E-state index is 0.0942. The largest absolute Gasteiger partial charge is 0.469 e. The zero-order valence-corrected chi connectivity index (χ0v) is 40.4. The topological polar surface area (TPSA) is 169 Å². The second-order valence-electron chi connectivity index (χ2n) is 16.0. The number of carbonyl (C=O) groups excluding carboxylic acids is 2. The lowest BCUT2D eigenvalue weighted by Crippen LogP contribution is -2.31. The zero-order chi connectivity index (χ0) is 46.8. The third kappa shape index (κ3) is 14.0. The number of hydrogen-bond donors (Lipinski definition) is 2. The Labute approximate surface area is 379 Å². The van der Waals surface area contributed by atoms with E-state index in [4.69, 9.17) is 43.1 Å². The Morgan fingerprint density at radius 3 is 1.89 bits per heavy atom. The van der Waals surface area contributed by atoms with Crippen LogP contribution < -0.4 is 0 Å². The van der Waals surface area contributed by atoms with Crippen LogP contribution in [0, 0.1) is 20.8 Å². The fourth-order valence-electron chi connectivity index (χ4n) is 7.69. The molecule has 0 fully saturated rings. The minimum atomic E-state index is -0.198. The van der Waals surface area contributed by atoms with Crippen molar-refractivity contribution in [3.05, 3.63) is 68.8 Å². The summed E-state index contributed by atoms with van der Waals surface area (Å²) in [5, 5.41) is 0. The number of hydrogen-bond acceptors (Lipinski definition) is 12. The van der Waals surface area contributed by atoms with Crippen LogP contribution in [0.3, 0.4) is 0 Å². The number of aromatic nitrogens is 4. The maximum Gasteiger partial charge on any atom is 0.305 e. The van der Waals surface area contributed by atoms with Gasteiger partial charge in [-0.2, -0.15) is 0 Å². The average molecular weight is 892 g/mol. The number of fused-ring (bicyclic) bond motifs is 8. The molecule has 354 valence electrons. The summed E-state index contributed by atoms with van der Waals surface area (Å²) in [7, 11) is 6.50. The van der Waals surface area contributed by atoms with Gasteiger partial charge in [0.2, 0.25) is 0 Å². The number of nitrogens with one attached hydrogen (secondary N) is 2. The first-order valence-corrected chi connectivity index (χ1v) is 22.5. The first kappa shape index (κ1) is 52.1. The molecule has 3 aromatic heterocycles. The number of aromatic amines is 2. The summed E-state index contributed by atoms with van der Waals surface area (Å²) >= 11 is 0. The van der Waals surface area contributed by atoms with E-state index in [1.165, 1.54) is 12.7 Å². The molecule has 0 aromatic carbocycles. The van der Waals surface area contributed by atoms with Gasteiger partial charge in [-0.05, 0) is 93.5 Å². The van der Waals surface area contributed by atoms with Crippen LogP contribution >= 0.6 is 0 Å². The lowest BCUT2D eigenvalue weighted by atomic mass is 9.98. The SMILES string of the molecule is CCC(=O)OC.CCc1c(C)c2cc3[nH]c(cc4nc(c(C)c5nc(cc1[nH]2)C(C)=C5C(=O)N(C)CCOCCOCCOC)CC4C)c(C)c3C(C)OCCOCCOCCOC. The molecule has 3 aromatic rings. The predicted octanol–water partition coefficient (Wildman–Crippen LogP) is 7.54. The van der Waals surface area contributed by atoms with E-state index in [1.54, 1.807) is 26.0 Å². The Hall–Kier alpha value is -4.48. The van der Waals surface area contributed by atoms with Crippen LogP contribution in [0.1, 0.15) is 104 Å². The first-order valence-electron chi connectivity index (χ1n) is 22.5. The van der Waals surface area contributed by atoms with Crippen molar-refractivity contribution in [2.24, 2.45) is 0 Å². The molecule has 0 saturated carbocycles. The van der Waals surface area contributed by atoms with Gasteiger partial charge in [0.15, 0.2) is 0 Å². The number of ether oxygens (including phenoxy) is 8. The third-order valence-electron chi connectivity index (χ3n) is 11.6. The molecule has 0 radical (unpaired) electrons. The highest BCUT2D eigenvalue weighted by Crippen LogP contribution is 2.37. The highest BCUT2D eigenvalue weighted by atomic mass is 16.6. The fraction of sp³-hybridized carbons (Fsp3) is 0.592. The Bertz CT molecular complexity index is 2190. The molecule has 15 heteroatoms. The number of esters is 1. The molecule has 2 aliphatic rings. The van der Waals surface area contributed by atoms with Crippen molar-refractivity contribution in [2.75, 3.05) is 108 Å². The van der Waals surface area contributed by atoms with Crippen molar-refractivity contribution < 1.29 is 47.5 Å². The summed E-state index contributed by atoms with van der Waals surface area (Å²) in [6.07, 6.45) is 1.84. The van der Waals surface area contributed by atoms with Crippen molar-refractivity contribution in [3.63, 3.8) is 0 Å². The lowest BCUT2D eigenvalue weighted by Gasteiger charge is -2.19. The van der Waals surface area contributed by atoms with Crippen LogP contribution in [0.4, 0.5) is 0 Å². The summed E-state index contributed by atoms with van der Waals surface area (Å²) in [6.45, 7) is 22.4. The van der Waals surface area contributed by atoms with E-state index in [9.17, 15) is 9.59 Å². The van der Waals surface area contributed by atoms with Crippen LogP contribution in [-0.4, -0.2) is 144 Å². The van der Waals surface area contributed by atoms with Gasteiger partial charge in [-0.3, -0.25) is 14.6 Å². The molecular formula is C49H73N5O10. The van der Waals surface area contributed by atoms with Crippen LogP contribution in [0.15, 0.2) is 18.2 Å². The van der Waals surface area contributed by atoms with Gasteiger partial charge >= 0.3 is 5.97 Å². The monoisotopic (exact) mass is 892 g/mol. The van der Waals surface area contributed by atoms with Gasteiger partial charge < -0.3 is 52.8 Å². The van der Waals surface area contributed by atoms with Gasteiger partial charge in [0, 0.05) is 79.2 Å². The van der Waals surface area contributed by atoms with Crippen molar-refractivity contribution in [1.82, 2.24) is 24.8 Å². The Kier molecular flexibility index (Phi) is 21.6. The number of rotatable bonds is 23. The number of allylic oxidation sites excluding steroid dienone is 1. The van der Waals surface area contributed by atoms with E-state index in [0.717, 1.165) is 79.8 Å². The number of methoxy groups -OCH3 is 3. The molecule has 64 heavy (non-hydrogen) atoms. The Morgan fingerprint density at radius 1 is 0.734 bits per heavy atom. The molecule has 2 N–H and O–H groups in total. The maximum absolute atomic E-state index is 14.3. The molecule has 0 aliphatic carbocycles. The molecule has 5 heterocycles. The van der Waals surface area contributed by atoms with Crippen molar-refractivity contribution >= 4 is 45.1 Å². The normalized spacial score (nSPS) is 14.1. The third-order valence-corrected chi connectivity index (χ3v) is 11.6. The van der Waals surface area contributed by atoms with Crippen molar-refractivity contribution in [1.29, 1.82) is 0 Å². The van der Waals surface area contributed by atoms with E-state index < -0.39 is 0 Å². The molecule has 8 bridgehead atoms. The molecule has 2 aliphatic heterocycles. The standard InChI is InChI=1S/C45H65N5O8.C4H8O2/c1-11-34-29(3)37-27-41-42(33(7)58-23-22-57-21-20-56-17-15-53-10)30(4)38(48-41)25-35-28(2)24-36(46-35)32(6)44-43(31(5)39(49-44)26-40(34)47-37)45(51)50(8)12-13-54-18-19-55-16-14-52-9;1-3-4(5)6-2/h25-28,33,47-48H,11-24H2,1-10H3;3H2,1-2H3. The molecule has 5 rings (SSSR count). The average Bonchev–Trinajstić information content (AvgIpc) is 4.00. The van der Waals surface area contributed by atoms with Crippen LogP contribution in [-0.2, 0) is 60.3 Å². The van der Waals surface area contributed by atoms with Crippen LogP contribution in [0.2, 0.25) is 0 Å². The van der Waals surface area contributed by atoms with Gasteiger partial charge in [-0.25, -0.2) is 4.98 Å². The summed E-state index contributed by atoms with van der Waals surface area (Å²) < 4.78 is 43.3. The molecule has 15 nitrogen and oxygen atoms in total. The maximum atomic E-state index is 14.3. The highest BCUT2D eigenvalue weighted by molar-refractivity contribution is 6.27. The summed E-state index contributed by atoms with van der Waals surface area (Å²) in [5.74, 6) is -0.0822. The van der Waals surface area contributed by atoms with Crippen molar-refractivity contribution in [3.8, 4) is 0 Å². The predicted molar refractivity (Wildman–Crippen MR) is 251 cm³/mol. The smallest absolute Gasteiger partial charge is 0.305 e. The van der Waals surface area contributed by atoms with E-state index >= 15 is 0 Å². The summed E-state index contributed by atoms with van der Waals surface area (Å²) in [5.41, 5.74) is 14.2. The number of nitrogens with zero attached hydrogens (tertiary/aromatic N) is 3. The molecule has 2 atom stereocenters. The van der Waals surface area contributed by atoms with Crippen LogP contribution in [0.25, 0.3) is 33.2 Å². The van der Waals surface area contributed by atoms with E-state index in [-0.39, 0.29) is 23.9 Å². The number of aryl methyl sites for hydroxylation is 3. The molecule has 0 saturated heterocycles. The summed E-state index contributed by atoms with van der Waals surface area (Å²) in [4.78, 5) is 43.9. The van der Waals surface area contributed by atoms with Crippen molar-refractivity contribution in [2.45, 2.75) is 86.7 Å². The molecule has 0 spiro atoms. The highest BCUT2D eigenvalue weighted by Gasteiger charge is 2.29. The zero-order valence-electron chi connectivity index (χ0n) is 40.4.